The molecule has 0 atom stereocenters. The van der Waals surface area contributed by atoms with Gasteiger partial charge in [0.1, 0.15) is 28.2 Å². The van der Waals surface area contributed by atoms with Crippen LogP contribution in [0.5, 0.6) is 0 Å². The fraction of sp³-hybridized carbons (Fsp3) is 0.135. The zero-order chi connectivity index (χ0) is 84.3. The van der Waals surface area contributed by atoms with E-state index in [1.165, 1.54) is 96.5 Å². The van der Waals surface area contributed by atoms with Crippen molar-refractivity contribution < 1.29 is 125 Å². The van der Waals surface area contributed by atoms with Crippen LogP contribution < -0.4 is 137 Å². The Hall–Kier alpha value is -9.41. The molecule has 0 fully saturated rings. The first-order valence-corrected chi connectivity index (χ1v) is 56.3. The molecule has 16 aromatic rings. The van der Waals surface area contributed by atoms with Gasteiger partial charge in [-0.25, -0.2) is 28.2 Å². The molecule has 10 N–H and O–H groups in total. The number of nitrogen functional groups attached to an aromatic ring is 2. The summed E-state index contributed by atoms with van der Waals surface area (Å²) < 4.78 is 7.99. The number of pyridine rings is 6. The van der Waals surface area contributed by atoms with Crippen molar-refractivity contribution in [1.29, 1.82) is 0 Å². The molecule has 620 valence electrons. The summed E-state index contributed by atoms with van der Waals surface area (Å²) in [7, 11) is 7.97. The third-order valence-corrected chi connectivity index (χ3v) is 20.2. The molecular formula is C104H107Cl2K3N12O4+4. The molecule has 6 heterocycles. The molecular weight excluding hydrogens is 1670 g/mol. The van der Waals surface area contributed by atoms with Crippen molar-refractivity contribution in [3.63, 3.8) is 0 Å². The number of hydrogen-bond donors (Lipinski definition) is 6. The normalized spacial score (nSPS) is 10.2. The summed E-state index contributed by atoms with van der Waals surface area (Å²) in [6, 6.07) is 95.4. The van der Waals surface area contributed by atoms with Gasteiger partial charge in [0.05, 0.1) is 33.5 Å². The summed E-state index contributed by atoms with van der Waals surface area (Å²) in [5.41, 5.74) is 36.9. The monoisotopic (exact) mass is 1770 g/mol. The topological polar surface area (TPSA) is 212 Å². The third kappa shape index (κ3) is 32.1. The number of anilines is 10. The number of nitrogens with zero attached hydrogens (tertiary/aromatic N) is 4. The second kappa shape index (κ2) is 52.0. The van der Waals surface area contributed by atoms with Crippen LogP contribution in [0.3, 0.4) is 0 Å². The number of nitrogens with one attached hydrogen (secondary N) is 6. The number of benzene rings is 10. The number of nitrogens with two attached hydrogens (primary N) is 2. The molecule has 0 aliphatic rings. The SMILES string of the molecule is C.C.C[n+]1ccc(Cc2ccc(C(=O)Cc3ccc(N)cc3)cc2)cc1.C[n+]1ccc(Nc2cccc(C(=O)Cc3ccc(N)cc3)c2)cc1.Cc1ccc2[nH+]ccc(Nc3ccc(CC(=O)c4ccc(Cc5cc[n+](C)cc5)cc4)cc3)c2c1.Cc1ccc2[nH+]ccc(Nc3ccc(CC(=O)c4cccc(Nc5cc[n+](C)cc5)c4)cc3)c2c1.[Cl-].[Cl-].[H-].[K+].[K][K]. The van der Waals surface area contributed by atoms with Gasteiger partial charge in [-0.3, -0.25) is 19.2 Å². The molecule has 0 saturated carbocycles. The predicted molar refractivity (Wildman–Crippen MR) is 498 cm³/mol. The van der Waals surface area contributed by atoms with Crippen molar-refractivity contribution in [2.75, 3.05) is 32.7 Å². The Balaban J connectivity index is 0.000000257. The minimum absolute atomic E-state index is 0. The van der Waals surface area contributed by atoms with E-state index < -0.39 is 0 Å². The van der Waals surface area contributed by atoms with Crippen LogP contribution in [0.15, 0.2) is 353 Å². The van der Waals surface area contributed by atoms with Crippen molar-refractivity contribution in [3.05, 3.63) is 431 Å². The van der Waals surface area contributed by atoms with Gasteiger partial charge in [0, 0.05) is 155 Å². The minimum atomic E-state index is 0. The number of carbonyl (C=O) groups is 4. The Morgan fingerprint density at radius 3 is 0.904 bits per heavy atom. The van der Waals surface area contributed by atoms with Crippen LogP contribution in [0.4, 0.5) is 56.9 Å². The molecule has 16 rings (SSSR count). The van der Waals surface area contributed by atoms with Gasteiger partial charge in [0.15, 0.2) is 85.1 Å². The van der Waals surface area contributed by atoms with Gasteiger partial charge in [-0.15, -0.1) is 0 Å². The Kier molecular flexibility index (Phi) is 42.7. The fourth-order valence-electron chi connectivity index (χ4n) is 13.4. The van der Waals surface area contributed by atoms with Crippen LogP contribution in [0, 0.1) is 13.8 Å². The van der Waals surface area contributed by atoms with Crippen molar-refractivity contribution in [1.82, 2.24) is 0 Å². The van der Waals surface area contributed by atoms with E-state index in [4.69, 9.17) is 11.5 Å². The number of ketones is 4. The number of carbonyl (C=O) groups excluding carboxylic acids is 4. The van der Waals surface area contributed by atoms with Crippen molar-refractivity contribution in [3.8, 4) is 0 Å². The van der Waals surface area contributed by atoms with Crippen molar-refractivity contribution >= 4 is 165 Å². The average molecular weight is 1780 g/mol. The molecule has 10 aromatic carbocycles. The Morgan fingerprint density at radius 1 is 0.312 bits per heavy atom. The van der Waals surface area contributed by atoms with Crippen LogP contribution in [-0.4, -0.2) is 86.3 Å². The van der Waals surface area contributed by atoms with Crippen molar-refractivity contribution in [2.24, 2.45) is 28.2 Å². The first kappa shape index (κ1) is 103. The summed E-state index contributed by atoms with van der Waals surface area (Å²) in [5, 5.41) is 16.0. The summed E-state index contributed by atoms with van der Waals surface area (Å²) in [6.45, 7) is 4.19. The number of halogens is 2. The maximum atomic E-state index is 13.0. The summed E-state index contributed by atoms with van der Waals surface area (Å²) in [4.78, 5) is 57.3. The summed E-state index contributed by atoms with van der Waals surface area (Å²) in [5.74, 6) is 0.430. The Bertz CT molecular complexity index is 6150. The number of aryl methyl sites for hydroxylation is 6. The van der Waals surface area contributed by atoms with E-state index >= 15 is 0 Å². The van der Waals surface area contributed by atoms with Gasteiger partial charge in [-0.05, 0) is 167 Å². The Morgan fingerprint density at radius 2 is 0.584 bits per heavy atom. The van der Waals surface area contributed by atoms with E-state index in [1.54, 1.807) is 0 Å². The fourth-order valence-corrected chi connectivity index (χ4v) is 13.4. The molecule has 21 heteroatoms. The third-order valence-electron chi connectivity index (χ3n) is 20.2. The second-order valence-electron chi connectivity index (χ2n) is 29.8. The first-order valence-electron chi connectivity index (χ1n) is 40.3. The van der Waals surface area contributed by atoms with Gasteiger partial charge in [0.2, 0.25) is 11.0 Å². The van der Waals surface area contributed by atoms with Gasteiger partial charge in [0.25, 0.3) is 0 Å². The molecule has 6 aromatic heterocycles. The van der Waals surface area contributed by atoms with Crippen LogP contribution >= 0.6 is 0 Å². The summed E-state index contributed by atoms with van der Waals surface area (Å²) >= 11 is 2.50. The molecule has 125 heavy (non-hydrogen) atoms. The number of fused-ring (bicyclic) bond motifs is 2. The molecule has 0 aliphatic heterocycles. The predicted octanol–water partition coefficient (Wildman–Crippen LogP) is 9.25. The van der Waals surface area contributed by atoms with Crippen LogP contribution in [0.1, 0.15) is 113 Å². The zero-order valence-electron chi connectivity index (χ0n) is 72.1. The first-order chi connectivity index (χ1) is 58.3. The molecule has 0 spiro atoms. The molecule has 0 unspecified atom stereocenters. The molecule has 0 radical (unpaired) electrons. The number of aromatic nitrogens is 6. The zero-order valence-corrected chi connectivity index (χ0v) is 81.9. The van der Waals surface area contributed by atoms with E-state index in [0.29, 0.717) is 48.2 Å². The average Bonchev–Trinajstić information content (AvgIpc) is 0.813. The molecule has 0 bridgehead atoms. The Labute approximate surface area is 837 Å². The second-order valence-corrected chi connectivity index (χ2v) is 29.8. The van der Waals surface area contributed by atoms with Gasteiger partial charge in [-0.1, -0.05) is 148 Å². The van der Waals surface area contributed by atoms with Crippen LogP contribution in [0.2, 0.25) is 0 Å². The number of aromatic amines is 2. The molecule has 0 aliphatic carbocycles. The van der Waals surface area contributed by atoms with Gasteiger partial charge >= 0.3 is 115 Å². The summed E-state index contributed by atoms with van der Waals surface area (Å²) in [6.07, 6.45) is 23.2. The van der Waals surface area contributed by atoms with E-state index in [-0.39, 0.29) is 116 Å². The standard InChI is InChI=1S/C31H28N3O.C30H26N4O.C21H21N2O.C20H19N3O.2CH4.2ClH.3K.H/c1-22-3-12-29-28(19-22)30(13-16-32-29)33-27-10-6-24(7-11-27)21-31(35)26-8-4-23(5-9-26)20-25-14-17-34(2)18-15-25;1-21-6-11-28-27(18-21)29(12-15-31-28)33-24-9-7-22(8-10-24)19-30(35)23-4-3-5-26(20-23)32-25-13-16-34(2)17-14-25;1-23-12-10-18(11-13-23)14-16-2-6-19(7-3-16)21(24)15-17-4-8-20(22)9-5-17;1-23-11-9-18(10-12-23)22-19-4-2-3-16(14-19)20(24)13-15-5-7-17(21)8-6-15;;;;;;;;/h3-19H,20-21H2,1-2H3,(H,32,33);3-18,20H,19H2,1-2H3,(H,31,33);2-13H,14-15,22H2,1H3;2-12,14H,13,21H2,1H3;2*1H4;2*1H;;;;/q+1;;+1;;;;;;;;+1;-1/p+2. The van der Waals surface area contributed by atoms with E-state index in [0.717, 1.165) is 114 Å². The number of rotatable bonds is 24. The maximum absolute atomic E-state index is 13.0. The van der Waals surface area contributed by atoms with E-state index in [1.807, 2.05) is 314 Å². The number of Topliss-reactive ketones (excluding diaryl/α,β-unsaturated/α-hetero) is 4. The van der Waals surface area contributed by atoms with Crippen LogP contribution in [-0.2, 0) is 66.7 Å². The van der Waals surface area contributed by atoms with E-state index in [2.05, 4.69) is 130 Å². The molecule has 16 nitrogen and oxygen atoms in total. The van der Waals surface area contributed by atoms with Crippen LogP contribution in [0.25, 0.3) is 21.8 Å². The van der Waals surface area contributed by atoms with Gasteiger partial charge in [-0.2, -0.15) is 0 Å². The quantitative estimate of drug-likeness (QED) is 0.0146. The number of hydrogen-bond acceptors (Lipinski definition) is 10. The number of H-pyrrole nitrogens is 2. The van der Waals surface area contributed by atoms with E-state index in [9.17, 15) is 19.2 Å². The molecule has 0 amide bonds. The molecule has 0 saturated heterocycles. The van der Waals surface area contributed by atoms with Gasteiger partial charge < -0.3 is 59.0 Å². The van der Waals surface area contributed by atoms with Crippen molar-refractivity contribution in [2.45, 2.75) is 67.2 Å².